The first-order valence-electron chi connectivity index (χ1n) is 5.51. The van der Waals surface area contributed by atoms with Gasteiger partial charge in [-0.1, -0.05) is 15.8 Å². The number of benzene rings is 1. The average molecular weight is 272 g/mol. The molecule has 0 fully saturated rings. The maximum atomic E-state index is 13.2. The molecule has 0 amide bonds. The minimum Gasteiger partial charge on any atom is -0.295 e. The van der Waals surface area contributed by atoms with Gasteiger partial charge in [-0.05, 0) is 30.3 Å². The van der Waals surface area contributed by atoms with Crippen LogP contribution in [0.15, 0.2) is 32.1 Å². The lowest BCUT2D eigenvalue weighted by Crippen LogP contribution is -2.17. The van der Waals surface area contributed by atoms with Gasteiger partial charge in [-0.25, -0.2) is 18.4 Å². The molecule has 3 aromatic rings. The van der Waals surface area contributed by atoms with Crippen LogP contribution in [0.5, 0.6) is 0 Å². The fourth-order valence-corrected chi connectivity index (χ4v) is 1.73. The Morgan fingerprint density at radius 2 is 2.10 bits per heavy atom. The fourth-order valence-electron chi connectivity index (χ4n) is 1.73. The molecule has 3 rings (SSSR count). The standard InChI is InChI=1S/C11H6BFN4O3/c1-5-9(15-20-14-5)10-16-19-11(18)17(10)6-2-3-8(13)7(12)4-6/h2-4H,1H3. The quantitative estimate of drug-likeness (QED) is 0.615. The first kappa shape index (κ1) is 12.3. The largest absolute Gasteiger partial charge is 0.446 e. The van der Waals surface area contributed by atoms with Crippen LogP contribution in [-0.2, 0) is 0 Å². The summed E-state index contributed by atoms with van der Waals surface area (Å²) < 4.78 is 23.5. The predicted octanol–water partition coefficient (Wildman–Crippen LogP) is 0.117. The molecule has 98 valence electrons. The van der Waals surface area contributed by atoms with Crippen LogP contribution in [0, 0.1) is 12.7 Å². The van der Waals surface area contributed by atoms with E-state index in [-0.39, 0.29) is 17.0 Å². The highest BCUT2D eigenvalue weighted by atomic mass is 19.1. The Hall–Kier alpha value is -2.71. The van der Waals surface area contributed by atoms with E-state index in [1.165, 1.54) is 12.1 Å². The molecule has 2 heterocycles. The summed E-state index contributed by atoms with van der Waals surface area (Å²) in [5, 5.41) is 10.9. The van der Waals surface area contributed by atoms with Gasteiger partial charge in [0.2, 0.25) is 5.82 Å². The number of aromatic nitrogens is 4. The van der Waals surface area contributed by atoms with E-state index in [1.807, 2.05) is 0 Å². The molecular weight excluding hydrogens is 266 g/mol. The Morgan fingerprint density at radius 3 is 2.75 bits per heavy atom. The Kier molecular flexibility index (Phi) is 2.74. The van der Waals surface area contributed by atoms with Crippen LogP contribution in [-0.4, -0.2) is 27.9 Å². The summed E-state index contributed by atoms with van der Waals surface area (Å²) >= 11 is 0. The minimum absolute atomic E-state index is 0.0970. The molecule has 0 aliphatic heterocycles. The maximum absolute atomic E-state index is 13.2. The number of hydrogen-bond acceptors (Lipinski definition) is 6. The van der Waals surface area contributed by atoms with Gasteiger partial charge >= 0.3 is 5.76 Å². The molecule has 9 heteroatoms. The van der Waals surface area contributed by atoms with E-state index in [0.717, 1.165) is 10.6 Å². The molecule has 2 radical (unpaired) electrons. The van der Waals surface area contributed by atoms with Crippen molar-refractivity contribution in [1.29, 1.82) is 0 Å². The summed E-state index contributed by atoms with van der Waals surface area (Å²) in [4.78, 5) is 11.8. The minimum atomic E-state index is -0.756. The van der Waals surface area contributed by atoms with Crippen LogP contribution in [0.4, 0.5) is 4.39 Å². The molecule has 0 aliphatic rings. The van der Waals surface area contributed by atoms with Gasteiger partial charge in [0, 0.05) is 0 Å². The van der Waals surface area contributed by atoms with Crippen molar-refractivity contribution < 1.29 is 13.5 Å². The van der Waals surface area contributed by atoms with Crippen molar-refractivity contribution in [2.75, 3.05) is 0 Å². The first-order valence-corrected chi connectivity index (χ1v) is 5.51. The van der Waals surface area contributed by atoms with E-state index in [0.29, 0.717) is 11.4 Å². The Labute approximate surface area is 112 Å². The highest BCUT2D eigenvalue weighted by Crippen LogP contribution is 2.19. The van der Waals surface area contributed by atoms with Gasteiger partial charge in [-0.3, -0.25) is 4.52 Å². The van der Waals surface area contributed by atoms with Crippen LogP contribution in [0.2, 0.25) is 0 Å². The van der Waals surface area contributed by atoms with Gasteiger partial charge in [-0.15, -0.1) is 0 Å². The number of aryl methyl sites for hydroxylation is 1. The van der Waals surface area contributed by atoms with Gasteiger partial charge in [0.1, 0.15) is 19.4 Å². The summed E-state index contributed by atoms with van der Waals surface area (Å²) in [6.45, 7) is 1.63. The second-order valence-corrected chi connectivity index (χ2v) is 4.01. The smallest absolute Gasteiger partial charge is 0.295 e. The third-order valence-corrected chi connectivity index (χ3v) is 2.71. The molecular formula is C11H6BFN4O3. The molecule has 0 spiro atoms. The summed E-state index contributed by atoms with van der Waals surface area (Å²) in [5.41, 5.74) is 0.880. The number of halogens is 1. The Morgan fingerprint density at radius 1 is 1.30 bits per heavy atom. The van der Waals surface area contributed by atoms with Gasteiger partial charge in [0.25, 0.3) is 0 Å². The maximum Gasteiger partial charge on any atom is 0.446 e. The lowest BCUT2D eigenvalue weighted by atomic mass is 9.95. The molecule has 1 aromatic carbocycles. The van der Waals surface area contributed by atoms with E-state index in [9.17, 15) is 9.18 Å². The summed E-state index contributed by atoms with van der Waals surface area (Å²) in [6, 6.07) is 3.80. The van der Waals surface area contributed by atoms with Crippen molar-refractivity contribution in [2.45, 2.75) is 6.92 Å². The van der Waals surface area contributed by atoms with Crippen molar-refractivity contribution in [3.05, 3.63) is 40.3 Å². The SMILES string of the molecule is [B]c1cc(-n2c(-c3nonc3C)noc2=O)ccc1F. The number of nitrogens with zero attached hydrogens (tertiary/aromatic N) is 4. The molecule has 0 N–H and O–H groups in total. The molecule has 0 bridgehead atoms. The van der Waals surface area contributed by atoms with Crippen LogP contribution in [0.3, 0.4) is 0 Å². The molecule has 0 saturated carbocycles. The lowest BCUT2D eigenvalue weighted by Gasteiger charge is -2.04. The second-order valence-electron chi connectivity index (χ2n) is 4.01. The topological polar surface area (TPSA) is 86.9 Å². The van der Waals surface area contributed by atoms with Gasteiger partial charge in [0.15, 0.2) is 5.69 Å². The third-order valence-electron chi connectivity index (χ3n) is 2.71. The summed E-state index contributed by atoms with van der Waals surface area (Å²) in [5.74, 6) is -1.24. The molecule has 20 heavy (non-hydrogen) atoms. The van der Waals surface area contributed by atoms with Crippen molar-refractivity contribution in [1.82, 2.24) is 20.0 Å². The zero-order valence-electron chi connectivity index (χ0n) is 10.2. The molecule has 0 atom stereocenters. The Bertz CT molecular complexity index is 838. The molecule has 0 unspecified atom stereocenters. The fraction of sp³-hybridized carbons (Fsp3) is 0.0909. The molecule has 7 nitrogen and oxygen atoms in total. The van der Waals surface area contributed by atoms with Crippen molar-refractivity contribution in [2.24, 2.45) is 0 Å². The van der Waals surface area contributed by atoms with E-state index < -0.39 is 11.6 Å². The van der Waals surface area contributed by atoms with Crippen LogP contribution >= 0.6 is 0 Å². The van der Waals surface area contributed by atoms with E-state index in [4.69, 9.17) is 7.85 Å². The van der Waals surface area contributed by atoms with E-state index in [1.54, 1.807) is 6.92 Å². The van der Waals surface area contributed by atoms with Crippen molar-refractivity contribution in [3.63, 3.8) is 0 Å². The molecule has 0 aliphatic carbocycles. The van der Waals surface area contributed by atoms with Gasteiger partial charge < -0.3 is 0 Å². The lowest BCUT2D eigenvalue weighted by molar-refractivity contribution is 0.305. The first-order chi connectivity index (χ1) is 9.58. The normalized spacial score (nSPS) is 10.9. The molecule has 2 aromatic heterocycles. The number of hydrogen-bond donors (Lipinski definition) is 0. The summed E-state index contributed by atoms with van der Waals surface area (Å²) in [7, 11) is 5.49. The van der Waals surface area contributed by atoms with Gasteiger partial charge in [0.05, 0.1) is 5.69 Å². The third kappa shape index (κ3) is 1.83. The Balaban J connectivity index is 2.24. The zero-order valence-corrected chi connectivity index (χ0v) is 10.2. The van der Waals surface area contributed by atoms with E-state index in [2.05, 4.69) is 24.6 Å². The van der Waals surface area contributed by atoms with Crippen LogP contribution < -0.4 is 11.2 Å². The molecule has 0 saturated heterocycles. The van der Waals surface area contributed by atoms with Crippen molar-refractivity contribution >= 4 is 13.3 Å². The zero-order chi connectivity index (χ0) is 14.3. The average Bonchev–Trinajstić information content (AvgIpc) is 2.99. The number of rotatable bonds is 2. The highest BCUT2D eigenvalue weighted by molar-refractivity contribution is 6.32. The predicted molar refractivity (Wildman–Crippen MR) is 65.5 cm³/mol. The van der Waals surface area contributed by atoms with Crippen LogP contribution in [0.1, 0.15) is 5.69 Å². The van der Waals surface area contributed by atoms with Crippen molar-refractivity contribution in [3.8, 4) is 17.2 Å². The van der Waals surface area contributed by atoms with Gasteiger partial charge in [-0.2, -0.15) is 0 Å². The van der Waals surface area contributed by atoms with E-state index >= 15 is 0 Å². The summed E-state index contributed by atoms with van der Waals surface area (Å²) in [6.07, 6.45) is 0. The second kappa shape index (κ2) is 4.44. The highest BCUT2D eigenvalue weighted by Gasteiger charge is 2.20. The monoisotopic (exact) mass is 272 g/mol. The van der Waals surface area contributed by atoms with Crippen LogP contribution in [0.25, 0.3) is 17.2 Å².